The number of nitrogens with zero attached hydrogens (tertiary/aromatic N) is 2. The van der Waals surface area contributed by atoms with Crippen LogP contribution in [-0.2, 0) is 10.0 Å². The quantitative estimate of drug-likeness (QED) is 0.597. The van der Waals surface area contributed by atoms with Gasteiger partial charge in [0.1, 0.15) is 5.75 Å². The Labute approximate surface area is 134 Å². The van der Waals surface area contributed by atoms with E-state index >= 15 is 0 Å². The minimum absolute atomic E-state index is 0.0144. The SMILES string of the molecule is CCOc1ccc(N(C)S(=O)(=O)c2ccc([N+](=O)[O-])cc2)cc1. The largest absolute Gasteiger partial charge is 0.494 e. The summed E-state index contributed by atoms with van der Waals surface area (Å²) in [6.07, 6.45) is 0. The van der Waals surface area contributed by atoms with Gasteiger partial charge in [-0.15, -0.1) is 0 Å². The predicted octanol–water partition coefficient (Wildman–Crippen LogP) is 2.82. The van der Waals surface area contributed by atoms with Crippen molar-refractivity contribution in [2.45, 2.75) is 11.8 Å². The van der Waals surface area contributed by atoms with Gasteiger partial charge in [-0.05, 0) is 43.3 Å². The van der Waals surface area contributed by atoms with Crippen LogP contribution in [0.1, 0.15) is 6.92 Å². The molecule has 0 unspecified atom stereocenters. The smallest absolute Gasteiger partial charge is 0.269 e. The van der Waals surface area contributed by atoms with Gasteiger partial charge in [0.05, 0.1) is 22.1 Å². The highest BCUT2D eigenvalue weighted by Gasteiger charge is 2.22. The van der Waals surface area contributed by atoms with E-state index in [1.807, 2.05) is 6.92 Å². The monoisotopic (exact) mass is 336 g/mol. The lowest BCUT2D eigenvalue weighted by Gasteiger charge is -2.19. The fourth-order valence-electron chi connectivity index (χ4n) is 1.96. The zero-order valence-corrected chi connectivity index (χ0v) is 13.5. The van der Waals surface area contributed by atoms with Crippen molar-refractivity contribution in [3.63, 3.8) is 0 Å². The highest BCUT2D eigenvalue weighted by Crippen LogP contribution is 2.25. The molecule has 0 bridgehead atoms. The molecular formula is C15H16N2O5S. The minimum atomic E-state index is -3.79. The normalized spacial score (nSPS) is 11.0. The average molecular weight is 336 g/mol. The van der Waals surface area contributed by atoms with Crippen LogP contribution in [0.4, 0.5) is 11.4 Å². The summed E-state index contributed by atoms with van der Waals surface area (Å²) in [5, 5.41) is 10.6. The van der Waals surface area contributed by atoms with Crippen LogP contribution in [-0.4, -0.2) is 27.0 Å². The van der Waals surface area contributed by atoms with E-state index < -0.39 is 14.9 Å². The zero-order valence-electron chi connectivity index (χ0n) is 12.7. The lowest BCUT2D eigenvalue weighted by Crippen LogP contribution is -2.26. The molecule has 0 radical (unpaired) electrons. The molecule has 0 aliphatic heterocycles. The highest BCUT2D eigenvalue weighted by molar-refractivity contribution is 7.92. The number of nitro groups is 1. The van der Waals surface area contributed by atoms with E-state index in [2.05, 4.69) is 0 Å². The molecule has 0 saturated carbocycles. The minimum Gasteiger partial charge on any atom is -0.494 e. The Kier molecular flexibility index (Phi) is 4.85. The van der Waals surface area contributed by atoms with Gasteiger partial charge in [0, 0.05) is 19.2 Å². The van der Waals surface area contributed by atoms with E-state index in [0.717, 1.165) is 4.31 Å². The van der Waals surface area contributed by atoms with E-state index in [1.165, 1.54) is 31.3 Å². The highest BCUT2D eigenvalue weighted by atomic mass is 32.2. The van der Waals surface area contributed by atoms with Gasteiger partial charge in [-0.1, -0.05) is 0 Å². The van der Waals surface area contributed by atoms with E-state index in [0.29, 0.717) is 18.0 Å². The summed E-state index contributed by atoms with van der Waals surface area (Å²) >= 11 is 0. The Morgan fingerprint density at radius 3 is 2.13 bits per heavy atom. The van der Waals surface area contributed by atoms with Crippen LogP contribution in [0.5, 0.6) is 5.75 Å². The molecule has 7 nitrogen and oxygen atoms in total. The third-order valence-electron chi connectivity index (χ3n) is 3.22. The van der Waals surface area contributed by atoms with Crippen LogP contribution in [0.15, 0.2) is 53.4 Å². The van der Waals surface area contributed by atoms with Gasteiger partial charge < -0.3 is 4.74 Å². The Morgan fingerprint density at radius 2 is 1.65 bits per heavy atom. The summed E-state index contributed by atoms with van der Waals surface area (Å²) in [7, 11) is -2.37. The molecule has 2 rings (SSSR count). The second kappa shape index (κ2) is 6.66. The first-order valence-electron chi connectivity index (χ1n) is 6.82. The van der Waals surface area contributed by atoms with Crippen LogP contribution >= 0.6 is 0 Å². The standard InChI is InChI=1S/C15H16N2O5S/c1-3-22-14-8-4-12(5-9-14)16(2)23(20,21)15-10-6-13(7-11-15)17(18)19/h4-11H,3H2,1-2H3. The zero-order chi connectivity index (χ0) is 17.0. The molecule has 0 aliphatic rings. The van der Waals surface area contributed by atoms with E-state index in [1.54, 1.807) is 24.3 Å². The third-order valence-corrected chi connectivity index (χ3v) is 5.02. The molecule has 0 fully saturated rings. The van der Waals surface area contributed by atoms with Crippen molar-refractivity contribution >= 4 is 21.4 Å². The Balaban J connectivity index is 2.28. The van der Waals surface area contributed by atoms with Gasteiger partial charge in [-0.2, -0.15) is 0 Å². The fraction of sp³-hybridized carbons (Fsp3) is 0.200. The number of hydrogen-bond acceptors (Lipinski definition) is 5. The number of rotatable bonds is 6. The van der Waals surface area contributed by atoms with Crippen molar-refractivity contribution < 1.29 is 18.1 Å². The number of ether oxygens (including phenoxy) is 1. The van der Waals surface area contributed by atoms with Crippen LogP contribution in [0.2, 0.25) is 0 Å². The van der Waals surface area contributed by atoms with Crippen molar-refractivity contribution in [3.05, 3.63) is 58.6 Å². The van der Waals surface area contributed by atoms with Gasteiger partial charge in [-0.3, -0.25) is 14.4 Å². The van der Waals surface area contributed by atoms with E-state index in [4.69, 9.17) is 4.74 Å². The molecule has 2 aromatic carbocycles. The first-order chi connectivity index (χ1) is 10.9. The molecule has 122 valence electrons. The van der Waals surface area contributed by atoms with Crippen molar-refractivity contribution in [2.75, 3.05) is 18.0 Å². The first-order valence-corrected chi connectivity index (χ1v) is 8.26. The first kappa shape index (κ1) is 16.8. The number of sulfonamides is 1. The maximum Gasteiger partial charge on any atom is 0.269 e. The lowest BCUT2D eigenvalue weighted by atomic mass is 10.3. The van der Waals surface area contributed by atoms with E-state index in [-0.39, 0.29) is 10.6 Å². The third kappa shape index (κ3) is 3.59. The van der Waals surface area contributed by atoms with Gasteiger partial charge in [0.2, 0.25) is 0 Å². The molecule has 0 aliphatic carbocycles. The van der Waals surface area contributed by atoms with Crippen molar-refractivity contribution in [2.24, 2.45) is 0 Å². The second-order valence-corrected chi connectivity index (χ2v) is 6.62. The van der Waals surface area contributed by atoms with Gasteiger partial charge in [-0.25, -0.2) is 8.42 Å². The molecule has 0 spiro atoms. The summed E-state index contributed by atoms with van der Waals surface area (Å²) in [5.74, 6) is 0.650. The lowest BCUT2D eigenvalue weighted by molar-refractivity contribution is -0.384. The summed E-state index contributed by atoms with van der Waals surface area (Å²) in [5.41, 5.74) is 0.305. The van der Waals surface area contributed by atoms with Crippen molar-refractivity contribution in [3.8, 4) is 5.75 Å². The second-order valence-electron chi connectivity index (χ2n) is 4.65. The molecule has 0 aromatic heterocycles. The fourth-order valence-corrected chi connectivity index (χ4v) is 3.15. The summed E-state index contributed by atoms with van der Waals surface area (Å²) in [6, 6.07) is 11.4. The number of anilines is 1. The molecule has 0 amide bonds. The molecule has 0 N–H and O–H groups in total. The summed E-state index contributed by atoms with van der Waals surface area (Å²) < 4.78 is 31.5. The Morgan fingerprint density at radius 1 is 1.09 bits per heavy atom. The molecule has 0 atom stereocenters. The number of benzene rings is 2. The summed E-state index contributed by atoms with van der Waals surface area (Å²) in [6.45, 7) is 2.38. The number of non-ortho nitro benzene ring substituents is 1. The molecule has 0 heterocycles. The maximum absolute atomic E-state index is 12.5. The summed E-state index contributed by atoms with van der Waals surface area (Å²) in [4.78, 5) is 10.0. The van der Waals surface area contributed by atoms with Crippen LogP contribution in [0.25, 0.3) is 0 Å². The van der Waals surface area contributed by atoms with Crippen LogP contribution in [0, 0.1) is 10.1 Å². The van der Waals surface area contributed by atoms with Crippen molar-refractivity contribution in [1.82, 2.24) is 0 Å². The van der Waals surface area contributed by atoms with Crippen LogP contribution < -0.4 is 9.04 Å². The molecule has 2 aromatic rings. The molecular weight excluding hydrogens is 320 g/mol. The number of hydrogen-bond donors (Lipinski definition) is 0. The molecule has 0 saturated heterocycles. The predicted molar refractivity (Wildman–Crippen MR) is 86.3 cm³/mol. The average Bonchev–Trinajstić information content (AvgIpc) is 2.55. The van der Waals surface area contributed by atoms with E-state index in [9.17, 15) is 18.5 Å². The number of nitro benzene ring substituents is 1. The van der Waals surface area contributed by atoms with Gasteiger partial charge >= 0.3 is 0 Å². The van der Waals surface area contributed by atoms with Crippen molar-refractivity contribution in [1.29, 1.82) is 0 Å². The topological polar surface area (TPSA) is 89.8 Å². The molecule has 8 heteroatoms. The molecule has 23 heavy (non-hydrogen) atoms. The Hall–Kier alpha value is -2.61. The van der Waals surface area contributed by atoms with Gasteiger partial charge in [0.15, 0.2) is 0 Å². The Bertz CT molecular complexity index is 786. The van der Waals surface area contributed by atoms with Crippen LogP contribution in [0.3, 0.4) is 0 Å². The maximum atomic E-state index is 12.5. The van der Waals surface area contributed by atoms with Gasteiger partial charge in [0.25, 0.3) is 15.7 Å².